The Morgan fingerprint density at radius 1 is 0.812 bits per heavy atom. The lowest BCUT2D eigenvalue weighted by Gasteiger charge is -2.04. The van der Waals surface area contributed by atoms with E-state index in [4.69, 9.17) is 5.73 Å². The van der Waals surface area contributed by atoms with Crippen molar-refractivity contribution in [2.45, 2.75) is 0 Å². The van der Waals surface area contributed by atoms with Crippen molar-refractivity contribution in [1.29, 1.82) is 0 Å². The van der Waals surface area contributed by atoms with E-state index in [2.05, 4.69) is 25.1 Å². The van der Waals surface area contributed by atoms with Crippen molar-refractivity contribution in [1.82, 2.24) is 25.1 Å². The SMILES string of the molecule is Nc1cncc(-c2cc3c(-c4cc5c(-c6ccccc6F)cccc5[nH]4)n[nH]c3cn2)c1. The third-order valence-corrected chi connectivity index (χ3v) is 5.59. The van der Waals surface area contributed by atoms with Gasteiger partial charge in [0.15, 0.2) is 0 Å². The molecular formula is C25H17FN6. The molecule has 0 fully saturated rings. The lowest BCUT2D eigenvalue weighted by atomic mass is 10.0. The minimum atomic E-state index is -0.251. The van der Waals surface area contributed by atoms with Crippen LogP contribution in [0.4, 0.5) is 10.1 Å². The monoisotopic (exact) mass is 420 g/mol. The Morgan fingerprint density at radius 2 is 1.69 bits per heavy atom. The number of nitrogen functional groups attached to an aromatic ring is 1. The number of H-pyrrole nitrogens is 2. The average Bonchev–Trinajstić information content (AvgIpc) is 3.43. The number of aromatic amines is 2. The molecule has 0 atom stereocenters. The molecule has 6 nitrogen and oxygen atoms in total. The number of benzene rings is 2. The fourth-order valence-corrected chi connectivity index (χ4v) is 4.08. The number of hydrogen-bond donors (Lipinski definition) is 3. The summed E-state index contributed by atoms with van der Waals surface area (Å²) in [4.78, 5) is 12.1. The lowest BCUT2D eigenvalue weighted by molar-refractivity contribution is 0.631. The normalized spacial score (nSPS) is 11.4. The number of fused-ring (bicyclic) bond motifs is 2. The summed E-state index contributed by atoms with van der Waals surface area (Å²) in [5, 5.41) is 9.41. The van der Waals surface area contributed by atoms with Crippen molar-refractivity contribution < 1.29 is 4.39 Å². The number of nitrogens with zero attached hydrogens (tertiary/aromatic N) is 3. The average molecular weight is 420 g/mol. The molecule has 0 amide bonds. The van der Waals surface area contributed by atoms with E-state index in [0.29, 0.717) is 11.3 Å². The number of anilines is 1. The van der Waals surface area contributed by atoms with Crippen molar-refractivity contribution in [2.24, 2.45) is 0 Å². The van der Waals surface area contributed by atoms with Gasteiger partial charge in [-0.2, -0.15) is 5.10 Å². The van der Waals surface area contributed by atoms with Crippen molar-refractivity contribution in [3.05, 3.63) is 85.1 Å². The van der Waals surface area contributed by atoms with Gasteiger partial charge in [-0.05, 0) is 35.9 Å². The maximum absolute atomic E-state index is 14.5. The molecule has 0 aliphatic carbocycles. The Bertz CT molecular complexity index is 1610. The van der Waals surface area contributed by atoms with Crippen LogP contribution < -0.4 is 5.73 Å². The molecule has 4 aromatic heterocycles. The summed E-state index contributed by atoms with van der Waals surface area (Å²) in [5.74, 6) is -0.251. The third-order valence-electron chi connectivity index (χ3n) is 5.59. The molecule has 6 rings (SSSR count). The fourth-order valence-electron chi connectivity index (χ4n) is 4.08. The standard InChI is InChI=1S/C25H17FN6/c26-20-6-2-1-4-17(20)16-5-3-7-21-18(16)9-23(30-21)25-19-10-22(29-13-24(19)31-32-25)14-8-15(27)12-28-11-14/h1-13,30H,27H2,(H,31,32). The summed E-state index contributed by atoms with van der Waals surface area (Å²) < 4.78 is 14.5. The van der Waals surface area contributed by atoms with Gasteiger partial charge in [-0.15, -0.1) is 0 Å². The third kappa shape index (κ3) is 2.91. The number of nitrogens with one attached hydrogen (secondary N) is 2. The van der Waals surface area contributed by atoms with E-state index >= 15 is 0 Å². The molecule has 6 aromatic rings. The zero-order valence-corrected chi connectivity index (χ0v) is 16.8. The van der Waals surface area contributed by atoms with Crippen LogP contribution in [0.3, 0.4) is 0 Å². The second-order valence-corrected chi connectivity index (χ2v) is 7.62. The van der Waals surface area contributed by atoms with Gasteiger partial charge >= 0.3 is 0 Å². The van der Waals surface area contributed by atoms with Crippen molar-refractivity contribution >= 4 is 27.5 Å². The minimum absolute atomic E-state index is 0.251. The first-order chi connectivity index (χ1) is 15.7. The van der Waals surface area contributed by atoms with Gasteiger partial charge in [0.2, 0.25) is 0 Å². The second-order valence-electron chi connectivity index (χ2n) is 7.62. The second kappa shape index (κ2) is 7.02. The summed E-state index contributed by atoms with van der Waals surface area (Å²) in [6.45, 7) is 0. The first kappa shape index (κ1) is 18.3. The van der Waals surface area contributed by atoms with Gasteiger partial charge in [0.05, 0.1) is 28.8 Å². The highest BCUT2D eigenvalue weighted by Crippen LogP contribution is 2.35. The Labute approximate surface area is 182 Å². The van der Waals surface area contributed by atoms with Crippen molar-refractivity contribution in [2.75, 3.05) is 5.73 Å². The van der Waals surface area contributed by atoms with E-state index in [-0.39, 0.29) is 5.82 Å². The Morgan fingerprint density at radius 3 is 2.56 bits per heavy atom. The lowest BCUT2D eigenvalue weighted by Crippen LogP contribution is -1.89. The zero-order valence-electron chi connectivity index (χ0n) is 16.8. The molecular weight excluding hydrogens is 403 g/mol. The van der Waals surface area contributed by atoms with E-state index in [1.165, 1.54) is 6.07 Å². The van der Waals surface area contributed by atoms with Crippen LogP contribution in [-0.2, 0) is 0 Å². The topological polar surface area (TPSA) is 96.3 Å². The van der Waals surface area contributed by atoms with Gasteiger partial charge in [0.25, 0.3) is 0 Å². The van der Waals surface area contributed by atoms with E-state index < -0.39 is 0 Å². The van der Waals surface area contributed by atoms with Gasteiger partial charge in [-0.1, -0.05) is 30.3 Å². The van der Waals surface area contributed by atoms with E-state index in [1.54, 1.807) is 30.7 Å². The minimum Gasteiger partial charge on any atom is -0.397 e. The first-order valence-electron chi connectivity index (χ1n) is 10.1. The molecule has 0 aliphatic heterocycles. The Hall–Kier alpha value is -4.52. The molecule has 7 heteroatoms. The molecule has 0 spiro atoms. The molecule has 0 saturated heterocycles. The summed E-state index contributed by atoms with van der Waals surface area (Å²) in [6, 6.07) is 18.4. The maximum Gasteiger partial charge on any atom is 0.131 e. The number of rotatable bonds is 3. The van der Waals surface area contributed by atoms with Gasteiger partial charge in [-0.3, -0.25) is 15.1 Å². The molecule has 0 aliphatic rings. The fraction of sp³-hybridized carbons (Fsp3) is 0. The van der Waals surface area contributed by atoms with Gasteiger partial charge in [0.1, 0.15) is 11.5 Å². The Kier molecular flexibility index (Phi) is 4.01. The van der Waals surface area contributed by atoms with Crippen LogP contribution in [0.25, 0.3) is 55.6 Å². The van der Waals surface area contributed by atoms with Crippen LogP contribution in [0, 0.1) is 5.82 Å². The number of aromatic nitrogens is 5. The number of hydrogen-bond acceptors (Lipinski definition) is 4. The highest BCUT2D eigenvalue weighted by Gasteiger charge is 2.16. The molecule has 4 heterocycles. The molecule has 0 radical (unpaired) electrons. The molecule has 154 valence electrons. The molecule has 0 saturated carbocycles. The largest absolute Gasteiger partial charge is 0.397 e. The van der Waals surface area contributed by atoms with Crippen LogP contribution >= 0.6 is 0 Å². The van der Waals surface area contributed by atoms with Crippen LogP contribution in [0.5, 0.6) is 0 Å². The Balaban J connectivity index is 1.52. The molecule has 0 bridgehead atoms. The van der Waals surface area contributed by atoms with E-state index in [9.17, 15) is 4.39 Å². The van der Waals surface area contributed by atoms with Gasteiger partial charge in [-0.25, -0.2) is 4.39 Å². The van der Waals surface area contributed by atoms with Gasteiger partial charge < -0.3 is 10.7 Å². The predicted molar refractivity (Wildman–Crippen MR) is 124 cm³/mol. The quantitative estimate of drug-likeness (QED) is 0.349. The number of nitrogens with two attached hydrogens (primary N) is 1. The van der Waals surface area contributed by atoms with Crippen molar-refractivity contribution in [3.8, 4) is 33.8 Å². The summed E-state index contributed by atoms with van der Waals surface area (Å²) in [5.41, 5.74) is 12.8. The smallest absolute Gasteiger partial charge is 0.131 e. The summed E-state index contributed by atoms with van der Waals surface area (Å²) in [6.07, 6.45) is 5.08. The maximum atomic E-state index is 14.5. The predicted octanol–water partition coefficient (Wildman–Crippen LogP) is 5.56. The van der Waals surface area contributed by atoms with Crippen LogP contribution in [-0.4, -0.2) is 25.1 Å². The molecule has 4 N–H and O–H groups in total. The van der Waals surface area contributed by atoms with Crippen LogP contribution in [0.15, 0.2) is 79.3 Å². The summed E-state index contributed by atoms with van der Waals surface area (Å²) in [7, 11) is 0. The highest BCUT2D eigenvalue weighted by molar-refractivity contribution is 6.01. The summed E-state index contributed by atoms with van der Waals surface area (Å²) >= 11 is 0. The van der Waals surface area contributed by atoms with Gasteiger partial charge in [0, 0.05) is 39.8 Å². The number of pyridine rings is 2. The zero-order chi connectivity index (χ0) is 21.7. The number of halogens is 1. The molecule has 0 unspecified atom stereocenters. The highest BCUT2D eigenvalue weighted by atomic mass is 19.1. The van der Waals surface area contributed by atoms with Crippen molar-refractivity contribution in [3.63, 3.8) is 0 Å². The van der Waals surface area contributed by atoms with E-state index in [1.807, 2.05) is 42.5 Å². The van der Waals surface area contributed by atoms with Crippen LogP contribution in [0.1, 0.15) is 0 Å². The molecule has 2 aromatic carbocycles. The van der Waals surface area contributed by atoms with Crippen LogP contribution in [0.2, 0.25) is 0 Å². The first-order valence-corrected chi connectivity index (χ1v) is 10.1. The van der Waals surface area contributed by atoms with E-state index in [0.717, 1.165) is 50.0 Å². The molecule has 32 heavy (non-hydrogen) atoms.